The van der Waals surface area contributed by atoms with E-state index in [9.17, 15) is 4.79 Å². The van der Waals surface area contributed by atoms with E-state index in [4.69, 9.17) is 16.3 Å². The van der Waals surface area contributed by atoms with Gasteiger partial charge in [0.15, 0.2) is 0 Å². The molecule has 5 heteroatoms. The SMILES string of the molecule is C=CCN(C(=O)OC(C)(C)C)N(C)/C=C\C(=C)Cl. The van der Waals surface area contributed by atoms with Gasteiger partial charge in [0.2, 0.25) is 0 Å². The predicted molar refractivity (Wildman–Crippen MR) is 75.0 cm³/mol. The second-order valence-electron chi connectivity index (χ2n) is 4.69. The molecular weight excluding hydrogens is 252 g/mol. The van der Waals surface area contributed by atoms with Crippen molar-refractivity contribution in [2.45, 2.75) is 26.4 Å². The van der Waals surface area contributed by atoms with E-state index in [1.165, 1.54) is 5.01 Å². The monoisotopic (exact) mass is 272 g/mol. The molecule has 0 aromatic heterocycles. The molecule has 0 fully saturated rings. The Morgan fingerprint density at radius 1 is 1.44 bits per heavy atom. The van der Waals surface area contributed by atoms with Crippen LogP contribution in [-0.2, 0) is 4.74 Å². The van der Waals surface area contributed by atoms with E-state index in [2.05, 4.69) is 13.2 Å². The van der Waals surface area contributed by atoms with E-state index in [0.29, 0.717) is 11.6 Å². The van der Waals surface area contributed by atoms with Crippen molar-refractivity contribution in [3.05, 3.63) is 36.5 Å². The molecule has 4 nitrogen and oxygen atoms in total. The van der Waals surface area contributed by atoms with Gasteiger partial charge in [-0.1, -0.05) is 24.3 Å². The lowest BCUT2D eigenvalue weighted by Crippen LogP contribution is -2.44. The zero-order chi connectivity index (χ0) is 14.3. The summed E-state index contributed by atoms with van der Waals surface area (Å²) in [6.07, 6.45) is 4.38. The molecule has 0 unspecified atom stereocenters. The zero-order valence-corrected chi connectivity index (χ0v) is 12.2. The van der Waals surface area contributed by atoms with Gasteiger partial charge in [-0.3, -0.25) is 5.01 Å². The number of carbonyl (C=O) groups excluding carboxylic acids is 1. The highest BCUT2D eigenvalue weighted by atomic mass is 35.5. The molecule has 0 bridgehead atoms. The molecule has 0 atom stereocenters. The third kappa shape index (κ3) is 7.01. The smallest absolute Gasteiger partial charge is 0.429 e. The molecule has 0 rings (SSSR count). The Morgan fingerprint density at radius 3 is 2.39 bits per heavy atom. The molecule has 1 amide bonds. The largest absolute Gasteiger partial charge is 0.442 e. The first-order chi connectivity index (χ1) is 8.17. The summed E-state index contributed by atoms with van der Waals surface area (Å²) >= 11 is 5.63. The maximum Gasteiger partial charge on any atom is 0.429 e. The van der Waals surface area contributed by atoms with Gasteiger partial charge in [-0.25, -0.2) is 9.80 Å². The first-order valence-corrected chi connectivity index (χ1v) is 5.92. The van der Waals surface area contributed by atoms with Crippen LogP contribution in [0.4, 0.5) is 4.79 Å². The highest BCUT2D eigenvalue weighted by molar-refractivity contribution is 6.30. The van der Waals surface area contributed by atoms with Crippen LogP contribution in [0.3, 0.4) is 0 Å². The standard InChI is InChI=1S/C13H21ClN2O2/c1-7-9-16(12(17)18-13(3,4)5)15(6)10-8-11(2)14/h7-8,10H,1-2,9H2,3-6H3/b10-8-. The maximum atomic E-state index is 12.0. The zero-order valence-electron chi connectivity index (χ0n) is 11.4. The Bertz CT molecular complexity index is 345. The van der Waals surface area contributed by atoms with Gasteiger partial charge in [-0.15, -0.1) is 6.58 Å². The van der Waals surface area contributed by atoms with Crippen molar-refractivity contribution < 1.29 is 9.53 Å². The summed E-state index contributed by atoms with van der Waals surface area (Å²) in [6.45, 7) is 12.9. The van der Waals surface area contributed by atoms with Gasteiger partial charge in [0.1, 0.15) is 5.60 Å². The summed E-state index contributed by atoms with van der Waals surface area (Å²) in [6, 6.07) is 0. The third-order valence-corrected chi connectivity index (χ3v) is 1.88. The van der Waals surface area contributed by atoms with Crippen molar-refractivity contribution in [1.29, 1.82) is 0 Å². The van der Waals surface area contributed by atoms with E-state index >= 15 is 0 Å². The minimum atomic E-state index is -0.545. The number of hydrogen-bond donors (Lipinski definition) is 0. The molecule has 0 aromatic rings. The first-order valence-electron chi connectivity index (χ1n) is 5.54. The van der Waals surface area contributed by atoms with E-state index in [1.54, 1.807) is 30.4 Å². The molecule has 18 heavy (non-hydrogen) atoms. The van der Waals surface area contributed by atoms with Crippen LogP contribution in [0.5, 0.6) is 0 Å². The lowest BCUT2D eigenvalue weighted by molar-refractivity contribution is -0.0154. The van der Waals surface area contributed by atoms with Crippen molar-refractivity contribution in [2.24, 2.45) is 0 Å². The summed E-state index contributed by atoms with van der Waals surface area (Å²) in [5, 5.41) is 3.35. The minimum absolute atomic E-state index is 0.338. The van der Waals surface area contributed by atoms with Crippen LogP contribution < -0.4 is 0 Å². The van der Waals surface area contributed by atoms with Gasteiger partial charge < -0.3 is 4.74 Å². The number of nitrogens with zero attached hydrogens (tertiary/aromatic N) is 2. The fourth-order valence-electron chi connectivity index (χ4n) is 1.04. The molecular formula is C13H21ClN2O2. The maximum absolute atomic E-state index is 12.0. The molecule has 0 N–H and O–H groups in total. The predicted octanol–water partition coefficient (Wildman–Crippen LogP) is 3.52. The summed E-state index contributed by atoms with van der Waals surface area (Å²) < 4.78 is 5.29. The molecule has 102 valence electrons. The van der Waals surface area contributed by atoms with Crippen LogP contribution in [0.1, 0.15) is 20.8 Å². The van der Waals surface area contributed by atoms with Gasteiger partial charge >= 0.3 is 6.09 Å². The molecule has 0 heterocycles. The minimum Gasteiger partial charge on any atom is -0.442 e. The third-order valence-electron chi connectivity index (χ3n) is 1.76. The van der Waals surface area contributed by atoms with Crippen LogP contribution >= 0.6 is 11.6 Å². The Hall–Kier alpha value is -1.42. The summed E-state index contributed by atoms with van der Waals surface area (Å²) in [5.41, 5.74) is -0.545. The number of rotatable bonds is 5. The van der Waals surface area contributed by atoms with Crippen molar-refractivity contribution in [1.82, 2.24) is 10.0 Å². The van der Waals surface area contributed by atoms with Gasteiger partial charge in [0.05, 0.1) is 6.54 Å². The Kier molecular flexibility index (Phi) is 6.55. The molecule has 0 aliphatic carbocycles. The second-order valence-corrected chi connectivity index (χ2v) is 5.17. The number of hydrogen-bond acceptors (Lipinski definition) is 3. The van der Waals surface area contributed by atoms with E-state index < -0.39 is 11.7 Å². The van der Waals surface area contributed by atoms with Crippen LogP contribution in [0.25, 0.3) is 0 Å². The highest BCUT2D eigenvalue weighted by Crippen LogP contribution is 2.11. The number of halogens is 1. The Balaban J connectivity index is 4.78. The molecule has 0 saturated carbocycles. The van der Waals surface area contributed by atoms with Crippen molar-refractivity contribution in [3.63, 3.8) is 0 Å². The normalized spacial score (nSPS) is 11.2. The molecule has 0 aliphatic rings. The van der Waals surface area contributed by atoms with Gasteiger partial charge in [0.25, 0.3) is 0 Å². The topological polar surface area (TPSA) is 32.8 Å². The van der Waals surface area contributed by atoms with Crippen LogP contribution in [0.15, 0.2) is 36.5 Å². The fraction of sp³-hybridized carbons (Fsp3) is 0.462. The molecule has 0 saturated heterocycles. The van der Waals surface area contributed by atoms with Crippen molar-refractivity contribution in [3.8, 4) is 0 Å². The number of amides is 1. The number of allylic oxidation sites excluding steroid dienone is 2. The van der Waals surface area contributed by atoms with Crippen LogP contribution in [0.2, 0.25) is 0 Å². The lowest BCUT2D eigenvalue weighted by Gasteiger charge is -2.32. The number of hydrazine groups is 1. The Labute approximate surface area is 114 Å². The first kappa shape index (κ1) is 16.6. The Morgan fingerprint density at radius 2 is 2.00 bits per heavy atom. The van der Waals surface area contributed by atoms with Gasteiger partial charge in [-0.2, -0.15) is 0 Å². The summed E-state index contributed by atoms with van der Waals surface area (Å²) in [7, 11) is 1.71. The van der Waals surface area contributed by atoms with Gasteiger partial charge in [0, 0.05) is 18.3 Å². The molecule has 0 aliphatic heterocycles. The van der Waals surface area contributed by atoms with Crippen LogP contribution in [-0.4, -0.2) is 35.3 Å². The van der Waals surface area contributed by atoms with Crippen molar-refractivity contribution >= 4 is 17.7 Å². The number of carbonyl (C=O) groups is 1. The average molecular weight is 273 g/mol. The number of ether oxygens (including phenoxy) is 1. The molecule has 0 radical (unpaired) electrons. The van der Waals surface area contributed by atoms with Gasteiger partial charge in [-0.05, 0) is 26.8 Å². The van der Waals surface area contributed by atoms with Crippen molar-refractivity contribution in [2.75, 3.05) is 13.6 Å². The second kappa shape index (κ2) is 7.11. The lowest BCUT2D eigenvalue weighted by atomic mass is 10.2. The van der Waals surface area contributed by atoms with E-state index in [-0.39, 0.29) is 0 Å². The summed E-state index contributed by atoms with van der Waals surface area (Å²) in [5.74, 6) is 0. The average Bonchev–Trinajstić information content (AvgIpc) is 2.19. The summed E-state index contributed by atoms with van der Waals surface area (Å²) in [4.78, 5) is 12.0. The van der Waals surface area contributed by atoms with Crippen LogP contribution in [0, 0.1) is 0 Å². The van der Waals surface area contributed by atoms with E-state index in [0.717, 1.165) is 0 Å². The highest BCUT2D eigenvalue weighted by Gasteiger charge is 2.23. The van der Waals surface area contributed by atoms with E-state index in [1.807, 2.05) is 20.8 Å². The quantitative estimate of drug-likeness (QED) is 0.436. The fourth-order valence-corrected chi connectivity index (χ4v) is 1.09. The molecule has 0 spiro atoms. The molecule has 0 aromatic carbocycles.